The van der Waals surface area contributed by atoms with E-state index >= 15 is 0 Å². The first-order chi connectivity index (χ1) is 8.64. The summed E-state index contributed by atoms with van der Waals surface area (Å²) in [4.78, 5) is 24.3. The van der Waals surface area contributed by atoms with Gasteiger partial charge in [-0.3, -0.25) is 9.59 Å². The molecule has 0 amide bonds. The van der Waals surface area contributed by atoms with Crippen LogP contribution in [-0.4, -0.2) is 39.9 Å². The molecule has 1 atom stereocenters. The van der Waals surface area contributed by atoms with Gasteiger partial charge in [0.05, 0.1) is 6.42 Å². The van der Waals surface area contributed by atoms with E-state index < -0.39 is 28.3 Å². The van der Waals surface area contributed by atoms with Crippen LogP contribution in [0, 0.1) is 0 Å². The van der Waals surface area contributed by atoms with Gasteiger partial charge in [0.1, 0.15) is 11.7 Å². The van der Waals surface area contributed by atoms with Gasteiger partial charge >= 0.3 is 0 Å². The van der Waals surface area contributed by atoms with Crippen LogP contribution in [0.15, 0.2) is 0 Å². The summed E-state index contributed by atoms with van der Waals surface area (Å²) in [6.45, 7) is 17.4. The fraction of sp³-hybridized carbons (Fsp3) is 0.857. The smallest absolute Gasteiger partial charge is 0.185 e. The lowest BCUT2D eigenvalue weighted by Crippen LogP contribution is -2.45. The Hall–Kier alpha value is -0.306. The van der Waals surface area contributed by atoms with Crippen LogP contribution in [0.2, 0.25) is 39.3 Å². The van der Waals surface area contributed by atoms with Gasteiger partial charge in [-0.15, -0.1) is 0 Å². The van der Waals surface area contributed by atoms with Crippen LogP contribution < -0.4 is 0 Å². The molecule has 0 heterocycles. The summed E-state index contributed by atoms with van der Waals surface area (Å²) in [7, 11) is -3.60. The Morgan fingerprint density at radius 2 is 1.45 bits per heavy atom. The van der Waals surface area contributed by atoms with E-state index in [2.05, 4.69) is 0 Å². The number of carbonyl (C=O) groups excluding carboxylic acids is 2. The van der Waals surface area contributed by atoms with Crippen LogP contribution in [0.25, 0.3) is 0 Å². The lowest BCUT2D eigenvalue weighted by molar-refractivity contribution is -0.138. The number of Topliss-reactive ketones (excluding diaryl/α,β-unsaturated/α-hetero) is 2. The van der Waals surface area contributed by atoms with E-state index in [4.69, 9.17) is 8.85 Å². The summed E-state index contributed by atoms with van der Waals surface area (Å²) in [6, 6.07) is 0. The van der Waals surface area contributed by atoms with Crippen molar-refractivity contribution in [1.82, 2.24) is 0 Å². The van der Waals surface area contributed by atoms with E-state index in [1.54, 1.807) is 20.8 Å². The van der Waals surface area contributed by atoms with Crippen LogP contribution in [-0.2, 0) is 18.4 Å². The highest BCUT2D eigenvalue weighted by Crippen LogP contribution is 2.20. The molecule has 0 aromatic carbocycles. The molecule has 20 heavy (non-hydrogen) atoms. The highest BCUT2D eigenvalue weighted by molar-refractivity contribution is 6.70. The van der Waals surface area contributed by atoms with Gasteiger partial charge in [-0.1, -0.05) is 0 Å². The van der Waals surface area contributed by atoms with E-state index in [-0.39, 0.29) is 18.0 Å². The molecule has 0 saturated carbocycles. The molecule has 0 aromatic rings. The molecule has 6 heteroatoms. The van der Waals surface area contributed by atoms with Gasteiger partial charge in [0.2, 0.25) is 0 Å². The molecule has 0 aliphatic carbocycles. The SMILES string of the molecule is CC(O[Si](C)(C)C)C(=O)CC(=O)C(C)(C)O[Si](C)(C)C. The van der Waals surface area contributed by atoms with Crippen molar-refractivity contribution in [3.05, 3.63) is 0 Å². The van der Waals surface area contributed by atoms with Gasteiger partial charge in [0.15, 0.2) is 28.2 Å². The lowest BCUT2D eigenvalue weighted by Gasteiger charge is -2.32. The molecule has 4 nitrogen and oxygen atoms in total. The summed E-state index contributed by atoms with van der Waals surface area (Å²) in [5, 5.41) is 0. The molecule has 0 N–H and O–H groups in total. The first kappa shape index (κ1) is 19.7. The van der Waals surface area contributed by atoms with Gasteiger partial charge in [0.25, 0.3) is 0 Å². The van der Waals surface area contributed by atoms with Crippen molar-refractivity contribution in [1.29, 1.82) is 0 Å². The van der Waals surface area contributed by atoms with Crippen molar-refractivity contribution < 1.29 is 18.4 Å². The topological polar surface area (TPSA) is 52.6 Å². The fourth-order valence-electron chi connectivity index (χ4n) is 1.93. The highest BCUT2D eigenvalue weighted by atomic mass is 28.4. The molecule has 0 bridgehead atoms. The van der Waals surface area contributed by atoms with Crippen LogP contribution in [0.1, 0.15) is 27.2 Å². The molecule has 0 spiro atoms. The quantitative estimate of drug-likeness (QED) is 0.508. The third kappa shape index (κ3) is 8.09. The maximum Gasteiger partial charge on any atom is 0.185 e. The average molecular weight is 319 g/mol. The normalized spacial score (nSPS) is 15.1. The largest absolute Gasteiger partial charge is 0.408 e. The second kappa shape index (κ2) is 6.64. The third-order valence-electron chi connectivity index (χ3n) is 2.55. The van der Waals surface area contributed by atoms with Crippen molar-refractivity contribution in [2.45, 2.75) is 78.2 Å². The molecule has 0 radical (unpaired) electrons. The Kier molecular flexibility index (Phi) is 6.54. The summed E-state index contributed by atoms with van der Waals surface area (Å²) in [5.74, 6) is -0.333. The van der Waals surface area contributed by atoms with Crippen molar-refractivity contribution in [3.8, 4) is 0 Å². The molecule has 0 fully saturated rings. The third-order valence-corrected chi connectivity index (χ3v) is 4.73. The molecule has 0 rings (SSSR count). The zero-order valence-electron chi connectivity index (χ0n) is 14.4. The van der Waals surface area contributed by atoms with E-state index in [9.17, 15) is 9.59 Å². The Balaban J connectivity index is 4.64. The zero-order valence-corrected chi connectivity index (χ0v) is 16.4. The van der Waals surface area contributed by atoms with E-state index in [0.717, 1.165) is 0 Å². The Morgan fingerprint density at radius 3 is 1.80 bits per heavy atom. The maximum atomic E-state index is 12.3. The minimum Gasteiger partial charge on any atom is -0.408 e. The van der Waals surface area contributed by atoms with Gasteiger partial charge < -0.3 is 8.85 Å². The van der Waals surface area contributed by atoms with Gasteiger partial charge in [-0.25, -0.2) is 0 Å². The average Bonchev–Trinajstić information content (AvgIpc) is 2.10. The first-order valence-corrected chi connectivity index (χ1v) is 13.9. The molecular formula is C14H30O4Si2. The van der Waals surface area contributed by atoms with Crippen molar-refractivity contribution in [3.63, 3.8) is 0 Å². The number of carbonyl (C=O) groups is 2. The molecule has 118 valence electrons. The van der Waals surface area contributed by atoms with Gasteiger partial charge in [0, 0.05) is 0 Å². The van der Waals surface area contributed by atoms with Gasteiger partial charge in [-0.2, -0.15) is 0 Å². The van der Waals surface area contributed by atoms with Crippen LogP contribution in [0.3, 0.4) is 0 Å². The Bertz CT molecular complexity index is 364. The molecule has 0 aliphatic heterocycles. The molecule has 0 saturated heterocycles. The minimum atomic E-state index is -1.83. The molecule has 1 unspecified atom stereocenters. The predicted octanol–water partition coefficient (Wildman–Crippen LogP) is 3.38. The maximum absolute atomic E-state index is 12.3. The second-order valence-corrected chi connectivity index (χ2v) is 16.6. The van der Waals surface area contributed by atoms with Crippen LogP contribution >= 0.6 is 0 Å². The van der Waals surface area contributed by atoms with E-state index in [1.807, 2.05) is 39.3 Å². The summed E-state index contributed by atoms with van der Waals surface area (Å²) >= 11 is 0. The minimum absolute atomic E-state index is 0.122. The Labute approximate surface area is 125 Å². The standard InChI is InChI=1S/C14H30O4Si2/c1-11(17-19(4,5)6)12(15)10-13(16)14(2,3)18-20(7,8)9/h11H,10H2,1-9H3. The summed E-state index contributed by atoms with van der Waals surface area (Å²) < 4.78 is 11.6. The Morgan fingerprint density at radius 1 is 1.00 bits per heavy atom. The number of hydrogen-bond acceptors (Lipinski definition) is 4. The highest BCUT2D eigenvalue weighted by Gasteiger charge is 2.35. The predicted molar refractivity (Wildman–Crippen MR) is 87.0 cm³/mol. The lowest BCUT2D eigenvalue weighted by atomic mass is 9.98. The molecular weight excluding hydrogens is 288 g/mol. The number of hydrogen-bond donors (Lipinski definition) is 0. The van der Waals surface area contributed by atoms with Crippen LogP contribution in [0.4, 0.5) is 0 Å². The number of rotatable bonds is 8. The van der Waals surface area contributed by atoms with E-state index in [1.165, 1.54) is 0 Å². The van der Waals surface area contributed by atoms with E-state index in [0.29, 0.717) is 0 Å². The summed E-state index contributed by atoms with van der Waals surface area (Å²) in [6.07, 6.45) is -0.642. The zero-order chi connectivity index (χ0) is 16.4. The van der Waals surface area contributed by atoms with Crippen LogP contribution in [0.5, 0.6) is 0 Å². The van der Waals surface area contributed by atoms with Crippen molar-refractivity contribution in [2.75, 3.05) is 0 Å². The first-order valence-electron chi connectivity index (χ1n) is 7.08. The van der Waals surface area contributed by atoms with Crippen molar-refractivity contribution in [2.24, 2.45) is 0 Å². The molecule has 0 aromatic heterocycles. The van der Waals surface area contributed by atoms with Crippen molar-refractivity contribution >= 4 is 28.2 Å². The fourth-order valence-corrected chi connectivity index (χ4v) is 4.77. The molecule has 0 aliphatic rings. The second-order valence-electron chi connectivity index (χ2n) is 7.66. The monoisotopic (exact) mass is 318 g/mol. The number of ketones is 2. The van der Waals surface area contributed by atoms with Gasteiger partial charge in [-0.05, 0) is 60.1 Å². The summed E-state index contributed by atoms with van der Waals surface area (Å²) in [5.41, 5.74) is -0.904.